The number of hydrogen-bond acceptors (Lipinski definition) is 4. The molecule has 0 aromatic heterocycles. The maximum absolute atomic E-state index is 5.19. The van der Waals surface area contributed by atoms with E-state index in [1.165, 1.54) is 5.56 Å². The quantitative estimate of drug-likeness (QED) is 0.587. The lowest BCUT2D eigenvalue weighted by molar-refractivity contribution is 0.415. The van der Waals surface area contributed by atoms with Crippen LogP contribution in [0.5, 0.6) is 5.75 Å². The summed E-state index contributed by atoms with van der Waals surface area (Å²) >= 11 is 6.90. The number of methoxy groups -OCH3 is 1. The van der Waals surface area contributed by atoms with Crippen molar-refractivity contribution in [2.24, 2.45) is 0 Å². The molecule has 0 saturated carbocycles. The van der Waals surface area contributed by atoms with Crippen molar-refractivity contribution in [3.8, 4) is 5.75 Å². The van der Waals surface area contributed by atoms with Gasteiger partial charge in [-0.15, -0.1) is 0 Å². The summed E-state index contributed by atoms with van der Waals surface area (Å²) in [7, 11) is 1.68. The summed E-state index contributed by atoms with van der Waals surface area (Å²) in [5, 5.41) is 0. The van der Waals surface area contributed by atoms with Crippen molar-refractivity contribution in [3.63, 3.8) is 0 Å². The van der Waals surface area contributed by atoms with E-state index in [1.807, 2.05) is 18.2 Å². The molecule has 19 heavy (non-hydrogen) atoms. The number of ether oxygens (including phenoxy) is 1. The van der Waals surface area contributed by atoms with Crippen LogP contribution in [0.4, 0.5) is 5.69 Å². The summed E-state index contributed by atoms with van der Waals surface area (Å²) in [4.78, 5) is 0. The first kappa shape index (κ1) is 14.4. The van der Waals surface area contributed by atoms with Gasteiger partial charge in [-0.3, -0.25) is 0 Å². The van der Waals surface area contributed by atoms with Crippen molar-refractivity contribution < 1.29 is 4.74 Å². The lowest BCUT2D eigenvalue weighted by atomic mass is 10.2. The summed E-state index contributed by atoms with van der Waals surface area (Å²) in [6, 6.07) is 18.5. The fourth-order valence-corrected chi connectivity index (χ4v) is 4.15. The minimum atomic E-state index is -0.0529. The van der Waals surface area contributed by atoms with E-state index in [1.54, 1.807) is 18.7 Å². The average molecular weight is 309 g/mol. The minimum Gasteiger partial charge on any atom is -0.497 e. The first-order valence-electron chi connectivity index (χ1n) is 5.89. The highest BCUT2D eigenvalue weighted by molar-refractivity contribution is 8.58. The zero-order chi connectivity index (χ0) is 13.5. The molecule has 2 rings (SSSR count). The Hall–Kier alpha value is -0.960. The van der Waals surface area contributed by atoms with Crippen LogP contribution in [0.1, 0.15) is 5.56 Å². The number of rotatable bonds is 6. The Labute approximate surface area is 124 Å². The normalized spacial score (nSPS) is 10.8. The second kappa shape index (κ2) is 7.59. The number of hydrogen-bond donors (Lipinski definition) is 0. The molecule has 0 spiro atoms. The van der Waals surface area contributed by atoms with Gasteiger partial charge in [0.25, 0.3) is 0 Å². The molecule has 0 N–H and O–H groups in total. The van der Waals surface area contributed by atoms with Crippen molar-refractivity contribution in [3.05, 3.63) is 60.2 Å². The highest BCUT2D eigenvalue weighted by Crippen LogP contribution is 2.32. The minimum absolute atomic E-state index is 0.0529. The molecule has 0 aliphatic rings. The fourth-order valence-electron chi connectivity index (χ4n) is 1.74. The molecule has 0 fully saturated rings. The van der Waals surface area contributed by atoms with Crippen LogP contribution in [0.2, 0.25) is 0 Å². The van der Waals surface area contributed by atoms with Crippen LogP contribution >= 0.6 is 18.1 Å². The van der Waals surface area contributed by atoms with Crippen molar-refractivity contribution in [1.82, 2.24) is 0 Å². The zero-order valence-electron chi connectivity index (χ0n) is 10.7. The highest BCUT2D eigenvalue weighted by Gasteiger charge is 2.07. The van der Waals surface area contributed by atoms with E-state index >= 15 is 0 Å². The van der Waals surface area contributed by atoms with Crippen LogP contribution in [0.3, 0.4) is 0 Å². The van der Waals surface area contributed by atoms with Crippen LogP contribution < -0.4 is 9.04 Å². The zero-order valence-corrected chi connectivity index (χ0v) is 13.4. The summed E-state index contributed by atoms with van der Waals surface area (Å²) in [6.07, 6.45) is 0. The van der Waals surface area contributed by atoms with Gasteiger partial charge in [-0.25, -0.2) is 0 Å². The molecule has 0 amide bonds. The Morgan fingerprint density at radius 2 is 1.79 bits per heavy atom. The number of anilines is 1. The fraction of sp³-hybridized carbons (Fsp3) is 0.143. The maximum Gasteiger partial charge on any atom is 0.119 e. The van der Waals surface area contributed by atoms with E-state index in [0.717, 1.165) is 18.0 Å². The molecule has 0 bridgehead atoms. The van der Waals surface area contributed by atoms with Crippen LogP contribution in [-0.2, 0) is 18.4 Å². The van der Waals surface area contributed by atoms with Gasteiger partial charge in [0, 0.05) is 12.2 Å². The Balaban J connectivity index is 2.16. The standard InChI is InChI=1S/C14H16NOPS2/c1-16-14-9-7-13(8-10-14)15(19-17-18)11-12-5-3-2-4-6-12/h2-10H,11,17H2,1H3. The molecule has 0 aliphatic heterocycles. The van der Waals surface area contributed by atoms with Gasteiger partial charge in [0.05, 0.1) is 13.7 Å². The molecule has 2 aromatic rings. The van der Waals surface area contributed by atoms with Crippen LogP contribution in [0, 0.1) is 0 Å². The highest BCUT2D eigenvalue weighted by atomic mass is 32.9. The Morgan fingerprint density at radius 1 is 1.11 bits per heavy atom. The third kappa shape index (κ3) is 4.27. The largest absolute Gasteiger partial charge is 0.497 e. The molecular weight excluding hydrogens is 293 g/mol. The molecule has 0 heterocycles. The third-order valence-electron chi connectivity index (χ3n) is 2.70. The Bertz CT molecular complexity index is 519. The monoisotopic (exact) mass is 309 g/mol. The smallest absolute Gasteiger partial charge is 0.119 e. The van der Waals surface area contributed by atoms with Gasteiger partial charge in [0.2, 0.25) is 0 Å². The van der Waals surface area contributed by atoms with Gasteiger partial charge in [-0.05, 0) is 41.4 Å². The summed E-state index contributed by atoms with van der Waals surface area (Å²) in [5.41, 5.74) is 2.45. The second-order valence-corrected chi connectivity index (χ2v) is 7.71. The van der Waals surface area contributed by atoms with E-state index in [0.29, 0.717) is 0 Å². The van der Waals surface area contributed by atoms with Gasteiger partial charge < -0.3 is 9.04 Å². The van der Waals surface area contributed by atoms with Gasteiger partial charge in [0.1, 0.15) is 5.75 Å². The lowest BCUT2D eigenvalue weighted by Gasteiger charge is -2.22. The third-order valence-corrected chi connectivity index (χ3v) is 5.18. The molecule has 0 saturated heterocycles. The number of benzene rings is 2. The Morgan fingerprint density at radius 3 is 2.37 bits per heavy atom. The van der Waals surface area contributed by atoms with Crippen molar-refractivity contribution in [1.29, 1.82) is 0 Å². The van der Waals surface area contributed by atoms with Crippen molar-refractivity contribution in [2.45, 2.75) is 6.54 Å². The van der Waals surface area contributed by atoms with E-state index in [4.69, 9.17) is 16.5 Å². The summed E-state index contributed by atoms with van der Waals surface area (Å²) in [6.45, 7) is 0.810. The second-order valence-electron chi connectivity index (χ2n) is 3.92. The molecule has 5 heteroatoms. The van der Waals surface area contributed by atoms with Crippen LogP contribution in [0.25, 0.3) is 0 Å². The van der Waals surface area contributed by atoms with Crippen molar-refractivity contribution >= 4 is 35.6 Å². The van der Waals surface area contributed by atoms with E-state index in [-0.39, 0.29) is 6.56 Å². The summed E-state index contributed by atoms with van der Waals surface area (Å²) < 4.78 is 7.43. The topological polar surface area (TPSA) is 12.5 Å². The molecule has 1 atom stereocenters. The molecule has 0 radical (unpaired) electrons. The Kier molecular flexibility index (Phi) is 5.77. The van der Waals surface area contributed by atoms with Gasteiger partial charge in [0.15, 0.2) is 0 Å². The van der Waals surface area contributed by atoms with Gasteiger partial charge >= 0.3 is 0 Å². The van der Waals surface area contributed by atoms with Gasteiger partial charge in [-0.1, -0.05) is 42.1 Å². The predicted molar refractivity (Wildman–Crippen MR) is 90.3 cm³/mol. The first-order chi connectivity index (χ1) is 9.33. The average Bonchev–Trinajstić information content (AvgIpc) is 2.48. The maximum atomic E-state index is 5.19. The van der Waals surface area contributed by atoms with E-state index in [2.05, 4.69) is 40.7 Å². The van der Waals surface area contributed by atoms with E-state index < -0.39 is 0 Å². The van der Waals surface area contributed by atoms with Crippen molar-refractivity contribution in [2.75, 3.05) is 11.4 Å². The number of nitrogens with zero attached hydrogens (tertiary/aromatic N) is 1. The molecular formula is C14H16NOPS2. The van der Waals surface area contributed by atoms with Crippen LogP contribution in [-0.4, -0.2) is 7.11 Å². The summed E-state index contributed by atoms with van der Waals surface area (Å²) in [5.74, 6) is 0.874. The molecule has 1 unspecified atom stereocenters. The van der Waals surface area contributed by atoms with Gasteiger partial charge in [-0.2, -0.15) is 0 Å². The first-order valence-corrected chi connectivity index (χ1v) is 10.0. The predicted octanol–water partition coefficient (Wildman–Crippen LogP) is 4.14. The molecule has 100 valence electrons. The molecule has 0 aliphatic carbocycles. The SMILES string of the molecule is COc1ccc(N(Cc2ccccc2)S[PH2]=S)cc1. The van der Waals surface area contributed by atoms with Crippen LogP contribution in [0.15, 0.2) is 54.6 Å². The molecule has 2 aromatic carbocycles. The lowest BCUT2D eigenvalue weighted by Crippen LogP contribution is -2.11. The van der Waals surface area contributed by atoms with E-state index in [9.17, 15) is 0 Å². The molecule has 2 nitrogen and oxygen atoms in total.